The molecule has 0 fully saturated rings. The summed E-state index contributed by atoms with van der Waals surface area (Å²) in [7, 11) is 0. The second-order valence-electron chi connectivity index (χ2n) is 9.50. The monoisotopic (exact) mass is 567 g/mol. The molecule has 13 N–H and O–H groups in total. The van der Waals surface area contributed by atoms with Crippen LogP contribution in [0.2, 0.25) is 0 Å². The summed E-state index contributed by atoms with van der Waals surface area (Å²) in [5.41, 5.74) is 29.0. The van der Waals surface area contributed by atoms with Crippen molar-refractivity contribution < 1.29 is 19.2 Å². The van der Waals surface area contributed by atoms with Crippen molar-refractivity contribution >= 4 is 29.6 Å². The zero-order valence-corrected chi connectivity index (χ0v) is 23.0. The lowest BCUT2D eigenvalue weighted by Gasteiger charge is -2.26. The van der Waals surface area contributed by atoms with Crippen LogP contribution in [-0.4, -0.2) is 54.8 Å². The Morgan fingerprint density at radius 3 is 1.80 bits per heavy atom. The molecule has 4 amide bonds. The first kappa shape index (κ1) is 32.7. The van der Waals surface area contributed by atoms with Crippen molar-refractivity contribution in [1.29, 1.82) is 0 Å². The third kappa shape index (κ3) is 11.3. The maximum atomic E-state index is 13.5. The van der Waals surface area contributed by atoms with Gasteiger partial charge < -0.3 is 44.6 Å². The summed E-state index contributed by atoms with van der Waals surface area (Å²) in [4.78, 5) is 55.9. The highest BCUT2D eigenvalue weighted by atomic mass is 16.2. The van der Waals surface area contributed by atoms with Gasteiger partial charge in [0.15, 0.2) is 5.96 Å². The minimum atomic E-state index is -1.18. The molecule has 0 saturated heterocycles. The van der Waals surface area contributed by atoms with Crippen LogP contribution < -0.4 is 44.6 Å². The predicted octanol–water partition coefficient (Wildman–Crippen LogP) is -0.819. The van der Waals surface area contributed by atoms with Gasteiger partial charge in [-0.1, -0.05) is 60.7 Å². The Morgan fingerprint density at radius 2 is 1.24 bits per heavy atom. The number of nitrogens with zero attached hydrogens (tertiary/aromatic N) is 1. The SMILES string of the molecule is NCCCCC(NC(=O)C(NC(=O)C(CCCN=C(N)N)NC(=O)C(N)c1ccccc1)c1ccccc1)C(N)=O. The second-order valence-corrected chi connectivity index (χ2v) is 9.50. The molecule has 41 heavy (non-hydrogen) atoms. The van der Waals surface area contributed by atoms with Gasteiger partial charge in [0.1, 0.15) is 24.2 Å². The lowest BCUT2D eigenvalue weighted by molar-refractivity contribution is -0.133. The maximum absolute atomic E-state index is 13.5. The van der Waals surface area contributed by atoms with Gasteiger partial charge in [-0.2, -0.15) is 0 Å². The fourth-order valence-electron chi connectivity index (χ4n) is 4.07. The van der Waals surface area contributed by atoms with Crippen LogP contribution in [0.15, 0.2) is 65.7 Å². The molecule has 222 valence electrons. The van der Waals surface area contributed by atoms with E-state index in [2.05, 4.69) is 20.9 Å². The summed E-state index contributed by atoms with van der Waals surface area (Å²) in [6.07, 6.45) is 2.05. The van der Waals surface area contributed by atoms with E-state index >= 15 is 0 Å². The van der Waals surface area contributed by atoms with Crippen LogP contribution >= 0.6 is 0 Å². The van der Waals surface area contributed by atoms with E-state index < -0.39 is 47.8 Å². The number of aliphatic imine (C=N–C) groups is 1. The van der Waals surface area contributed by atoms with E-state index in [1.165, 1.54) is 0 Å². The van der Waals surface area contributed by atoms with E-state index in [4.69, 9.17) is 28.7 Å². The molecule has 2 rings (SSSR count). The molecule has 0 aliphatic heterocycles. The van der Waals surface area contributed by atoms with Crippen molar-refractivity contribution in [1.82, 2.24) is 16.0 Å². The summed E-state index contributed by atoms with van der Waals surface area (Å²) < 4.78 is 0. The lowest BCUT2D eigenvalue weighted by atomic mass is 10.0. The van der Waals surface area contributed by atoms with Gasteiger partial charge in [0.25, 0.3) is 0 Å². The van der Waals surface area contributed by atoms with Crippen molar-refractivity contribution in [3.05, 3.63) is 71.8 Å². The molecule has 4 unspecified atom stereocenters. The molecule has 0 aliphatic rings. The Balaban J connectivity index is 2.26. The number of rotatable bonds is 17. The Labute approximate surface area is 239 Å². The van der Waals surface area contributed by atoms with Gasteiger partial charge in [-0.15, -0.1) is 0 Å². The molecular formula is C28H41N9O4. The molecule has 2 aromatic rings. The zero-order valence-electron chi connectivity index (χ0n) is 23.0. The van der Waals surface area contributed by atoms with Crippen LogP contribution in [0.1, 0.15) is 55.3 Å². The summed E-state index contributed by atoms with van der Waals surface area (Å²) in [5.74, 6) is -2.64. The van der Waals surface area contributed by atoms with Crippen LogP contribution in [0.25, 0.3) is 0 Å². The molecule has 0 radical (unpaired) electrons. The summed E-state index contributed by atoms with van der Waals surface area (Å²) in [6.45, 7) is 0.658. The average molecular weight is 568 g/mol. The van der Waals surface area contributed by atoms with Crippen LogP contribution in [0, 0.1) is 0 Å². The van der Waals surface area contributed by atoms with Crippen LogP contribution in [0.3, 0.4) is 0 Å². The molecule has 0 saturated carbocycles. The van der Waals surface area contributed by atoms with E-state index in [0.717, 1.165) is 0 Å². The first-order valence-corrected chi connectivity index (χ1v) is 13.4. The topological polar surface area (TPSA) is 247 Å². The van der Waals surface area contributed by atoms with E-state index in [1.54, 1.807) is 60.7 Å². The number of unbranched alkanes of at least 4 members (excludes halogenated alkanes) is 1. The number of guanidine groups is 1. The first-order valence-electron chi connectivity index (χ1n) is 13.4. The van der Waals surface area contributed by atoms with Gasteiger partial charge in [-0.25, -0.2) is 0 Å². The number of carbonyl (C=O) groups is 4. The van der Waals surface area contributed by atoms with E-state index in [9.17, 15) is 19.2 Å². The van der Waals surface area contributed by atoms with Gasteiger partial charge in [0.05, 0.1) is 0 Å². The van der Waals surface area contributed by atoms with E-state index in [0.29, 0.717) is 43.4 Å². The average Bonchev–Trinajstić information content (AvgIpc) is 2.96. The number of nitrogens with one attached hydrogen (secondary N) is 3. The van der Waals surface area contributed by atoms with Crippen LogP contribution in [0.4, 0.5) is 0 Å². The van der Waals surface area contributed by atoms with Crippen molar-refractivity contribution in [3.63, 3.8) is 0 Å². The Morgan fingerprint density at radius 1 is 0.683 bits per heavy atom. The van der Waals surface area contributed by atoms with Gasteiger partial charge in [0, 0.05) is 6.54 Å². The molecule has 2 aromatic carbocycles. The van der Waals surface area contributed by atoms with Gasteiger partial charge >= 0.3 is 0 Å². The number of amides is 4. The van der Waals surface area contributed by atoms with Gasteiger partial charge in [0.2, 0.25) is 23.6 Å². The zero-order chi connectivity index (χ0) is 30.2. The summed E-state index contributed by atoms with van der Waals surface area (Å²) in [5, 5.41) is 8.04. The molecule has 0 aromatic heterocycles. The normalized spacial score (nSPS) is 13.6. The molecule has 0 bridgehead atoms. The molecule has 0 spiro atoms. The minimum Gasteiger partial charge on any atom is -0.370 e. The Hall–Kier alpha value is -4.49. The highest BCUT2D eigenvalue weighted by Crippen LogP contribution is 2.16. The Kier molecular flexibility index (Phi) is 13.8. The highest BCUT2D eigenvalue weighted by molar-refractivity contribution is 5.95. The fourth-order valence-corrected chi connectivity index (χ4v) is 4.07. The lowest BCUT2D eigenvalue weighted by Crippen LogP contribution is -2.53. The van der Waals surface area contributed by atoms with Crippen LogP contribution in [0.5, 0.6) is 0 Å². The molecular weight excluding hydrogens is 526 g/mol. The van der Waals surface area contributed by atoms with E-state index in [1.807, 2.05) is 0 Å². The van der Waals surface area contributed by atoms with Gasteiger partial charge in [-0.3, -0.25) is 24.2 Å². The molecule has 0 heterocycles. The number of hydrogen-bond donors (Lipinski definition) is 8. The van der Waals surface area contributed by atoms with Crippen LogP contribution in [-0.2, 0) is 19.2 Å². The van der Waals surface area contributed by atoms with Crippen molar-refractivity contribution in [2.45, 2.75) is 56.3 Å². The van der Waals surface area contributed by atoms with Crippen molar-refractivity contribution in [2.24, 2.45) is 33.7 Å². The number of benzene rings is 2. The number of nitrogens with two attached hydrogens (primary N) is 5. The smallest absolute Gasteiger partial charge is 0.247 e. The predicted molar refractivity (Wildman–Crippen MR) is 157 cm³/mol. The summed E-state index contributed by atoms with van der Waals surface area (Å²) in [6, 6.07) is 13.0. The molecule has 13 heteroatoms. The van der Waals surface area contributed by atoms with E-state index in [-0.39, 0.29) is 18.9 Å². The van der Waals surface area contributed by atoms with Gasteiger partial charge in [-0.05, 0) is 49.8 Å². The molecule has 13 nitrogen and oxygen atoms in total. The third-order valence-corrected chi connectivity index (χ3v) is 6.31. The third-order valence-electron chi connectivity index (χ3n) is 6.31. The Bertz CT molecular complexity index is 1160. The number of hydrogen-bond acceptors (Lipinski definition) is 7. The highest BCUT2D eigenvalue weighted by Gasteiger charge is 2.31. The summed E-state index contributed by atoms with van der Waals surface area (Å²) >= 11 is 0. The number of primary amides is 1. The largest absolute Gasteiger partial charge is 0.370 e. The second kappa shape index (κ2) is 17.3. The molecule has 4 atom stereocenters. The standard InChI is InChI=1S/C28H41N9O4/c29-16-8-7-14-20(24(31)38)35-27(41)23(19-12-5-2-6-13-19)37-25(39)21(15-9-17-34-28(32)33)36-26(40)22(30)18-10-3-1-4-11-18/h1-6,10-13,20-23H,7-9,14-17,29-30H2,(H2,31,38)(H,35,41)(H,36,40)(H,37,39)(H4,32,33,34). The quantitative estimate of drug-likeness (QED) is 0.0680. The first-order chi connectivity index (χ1) is 19.6. The minimum absolute atomic E-state index is 0.0996. The fraction of sp³-hybridized carbons (Fsp3) is 0.393. The molecule has 0 aliphatic carbocycles. The number of carbonyl (C=O) groups excluding carboxylic acids is 4. The van der Waals surface area contributed by atoms with Crippen molar-refractivity contribution in [3.8, 4) is 0 Å². The van der Waals surface area contributed by atoms with Crippen molar-refractivity contribution in [2.75, 3.05) is 13.1 Å². The maximum Gasteiger partial charge on any atom is 0.247 e.